The quantitative estimate of drug-likeness (QED) is 0.874. The van der Waals surface area contributed by atoms with Crippen LogP contribution in [-0.2, 0) is 9.59 Å². The maximum Gasteiger partial charge on any atom is 0.226 e. The van der Waals surface area contributed by atoms with E-state index in [2.05, 4.69) is 5.32 Å². The molecule has 0 fully saturated rings. The third-order valence-corrected chi connectivity index (χ3v) is 3.34. The standard InChI is InChI=1S/C16H23ClN2O2/c1-11(2)10-19(13(4)20)8-7-16(21)18-15-6-5-14(17)9-12(15)3/h5-6,9,11H,7-8,10H2,1-4H3,(H,18,21). The normalized spacial score (nSPS) is 10.6. The molecule has 0 saturated heterocycles. The molecule has 0 aliphatic carbocycles. The lowest BCUT2D eigenvalue weighted by atomic mass is 10.2. The van der Waals surface area contributed by atoms with Crippen LogP contribution in [0.5, 0.6) is 0 Å². The highest BCUT2D eigenvalue weighted by molar-refractivity contribution is 6.30. The van der Waals surface area contributed by atoms with Crippen molar-refractivity contribution >= 4 is 29.1 Å². The molecule has 0 aliphatic heterocycles. The van der Waals surface area contributed by atoms with Gasteiger partial charge in [0.25, 0.3) is 0 Å². The molecule has 1 aromatic carbocycles. The molecule has 0 spiro atoms. The van der Waals surface area contributed by atoms with Gasteiger partial charge in [0.15, 0.2) is 0 Å². The summed E-state index contributed by atoms with van der Waals surface area (Å²) in [5.74, 6) is 0.282. The lowest BCUT2D eigenvalue weighted by Gasteiger charge is -2.22. The van der Waals surface area contributed by atoms with Gasteiger partial charge in [0, 0.05) is 37.1 Å². The van der Waals surface area contributed by atoms with Crippen LogP contribution in [0.25, 0.3) is 0 Å². The molecular weight excluding hydrogens is 288 g/mol. The molecule has 1 rings (SSSR count). The third kappa shape index (κ3) is 6.17. The molecule has 1 aromatic rings. The van der Waals surface area contributed by atoms with Crippen LogP contribution in [0.3, 0.4) is 0 Å². The molecule has 0 aliphatic rings. The Morgan fingerprint density at radius 1 is 1.33 bits per heavy atom. The highest BCUT2D eigenvalue weighted by Gasteiger charge is 2.13. The zero-order chi connectivity index (χ0) is 16.0. The van der Waals surface area contributed by atoms with Crippen LogP contribution in [0.15, 0.2) is 18.2 Å². The Balaban J connectivity index is 2.54. The minimum Gasteiger partial charge on any atom is -0.342 e. The second kappa shape index (κ2) is 8.03. The van der Waals surface area contributed by atoms with E-state index in [9.17, 15) is 9.59 Å². The van der Waals surface area contributed by atoms with Gasteiger partial charge in [0.1, 0.15) is 0 Å². The molecule has 2 amide bonds. The first-order chi connectivity index (χ1) is 9.79. The number of hydrogen-bond donors (Lipinski definition) is 1. The number of amides is 2. The van der Waals surface area contributed by atoms with Gasteiger partial charge in [-0.3, -0.25) is 9.59 Å². The van der Waals surface area contributed by atoms with Crippen LogP contribution in [0.4, 0.5) is 5.69 Å². The van der Waals surface area contributed by atoms with Gasteiger partial charge in [-0.1, -0.05) is 25.4 Å². The topological polar surface area (TPSA) is 49.4 Å². The first-order valence-corrected chi connectivity index (χ1v) is 7.49. The molecule has 1 N–H and O–H groups in total. The number of carbonyl (C=O) groups excluding carboxylic acids is 2. The SMILES string of the molecule is CC(=O)N(CCC(=O)Nc1ccc(Cl)cc1C)CC(C)C. The van der Waals surface area contributed by atoms with E-state index in [4.69, 9.17) is 11.6 Å². The third-order valence-electron chi connectivity index (χ3n) is 3.10. The first-order valence-electron chi connectivity index (χ1n) is 7.11. The predicted molar refractivity (Wildman–Crippen MR) is 86.5 cm³/mol. The zero-order valence-electron chi connectivity index (χ0n) is 13.1. The Morgan fingerprint density at radius 2 is 2.00 bits per heavy atom. The fraction of sp³-hybridized carbons (Fsp3) is 0.500. The van der Waals surface area contributed by atoms with E-state index >= 15 is 0 Å². The molecule has 4 nitrogen and oxygen atoms in total. The number of carbonyl (C=O) groups is 2. The predicted octanol–water partition coefficient (Wildman–Crippen LogP) is 3.48. The van der Waals surface area contributed by atoms with E-state index in [1.165, 1.54) is 6.92 Å². The summed E-state index contributed by atoms with van der Waals surface area (Å²) in [7, 11) is 0. The summed E-state index contributed by atoms with van der Waals surface area (Å²) in [6, 6.07) is 5.33. The fourth-order valence-corrected chi connectivity index (χ4v) is 2.26. The Hall–Kier alpha value is -1.55. The van der Waals surface area contributed by atoms with E-state index in [-0.39, 0.29) is 18.2 Å². The Kier molecular flexibility index (Phi) is 6.69. The number of hydrogen-bond acceptors (Lipinski definition) is 2. The minimum absolute atomic E-state index is 0.000765. The van der Waals surface area contributed by atoms with Crippen molar-refractivity contribution in [2.24, 2.45) is 5.92 Å². The molecule has 0 saturated carbocycles. The van der Waals surface area contributed by atoms with Gasteiger partial charge in [0.05, 0.1) is 0 Å². The monoisotopic (exact) mass is 310 g/mol. The fourth-order valence-electron chi connectivity index (χ4n) is 2.03. The molecule has 116 valence electrons. The second-order valence-electron chi connectivity index (χ2n) is 5.62. The maximum absolute atomic E-state index is 12.0. The molecule has 0 atom stereocenters. The molecule has 0 aromatic heterocycles. The number of benzene rings is 1. The largest absolute Gasteiger partial charge is 0.342 e. The summed E-state index contributed by atoms with van der Waals surface area (Å²) < 4.78 is 0. The number of nitrogens with one attached hydrogen (secondary N) is 1. The number of rotatable bonds is 6. The van der Waals surface area contributed by atoms with Crippen molar-refractivity contribution < 1.29 is 9.59 Å². The van der Waals surface area contributed by atoms with Crippen LogP contribution in [-0.4, -0.2) is 29.8 Å². The summed E-state index contributed by atoms with van der Waals surface area (Å²) in [5.41, 5.74) is 1.67. The average Bonchev–Trinajstić information content (AvgIpc) is 2.37. The number of nitrogens with zero attached hydrogens (tertiary/aromatic N) is 1. The average molecular weight is 311 g/mol. The van der Waals surface area contributed by atoms with E-state index in [0.29, 0.717) is 24.0 Å². The second-order valence-corrected chi connectivity index (χ2v) is 6.05. The molecular formula is C16H23ClN2O2. The minimum atomic E-state index is -0.101. The van der Waals surface area contributed by atoms with Gasteiger partial charge >= 0.3 is 0 Å². The lowest BCUT2D eigenvalue weighted by molar-refractivity contribution is -0.129. The molecule has 0 unspecified atom stereocenters. The van der Waals surface area contributed by atoms with Gasteiger partial charge in [0.2, 0.25) is 11.8 Å². The highest BCUT2D eigenvalue weighted by atomic mass is 35.5. The summed E-state index contributed by atoms with van der Waals surface area (Å²) in [6.45, 7) is 8.63. The first kappa shape index (κ1) is 17.5. The van der Waals surface area contributed by atoms with Crippen molar-refractivity contribution in [3.8, 4) is 0 Å². The van der Waals surface area contributed by atoms with Crippen LogP contribution < -0.4 is 5.32 Å². The van der Waals surface area contributed by atoms with Gasteiger partial charge < -0.3 is 10.2 Å². The van der Waals surface area contributed by atoms with Crippen LogP contribution in [0, 0.1) is 12.8 Å². The molecule has 0 bridgehead atoms. The van der Waals surface area contributed by atoms with Crippen molar-refractivity contribution in [3.05, 3.63) is 28.8 Å². The van der Waals surface area contributed by atoms with Gasteiger partial charge in [-0.15, -0.1) is 0 Å². The summed E-state index contributed by atoms with van der Waals surface area (Å²) in [4.78, 5) is 25.2. The maximum atomic E-state index is 12.0. The van der Waals surface area contributed by atoms with E-state index in [1.54, 1.807) is 23.1 Å². The van der Waals surface area contributed by atoms with E-state index in [0.717, 1.165) is 11.3 Å². The van der Waals surface area contributed by atoms with Crippen molar-refractivity contribution in [1.82, 2.24) is 4.90 Å². The number of anilines is 1. The molecule has 5 heteroatoms. The van der Waals surface area contributed by atoms with Gasteiger partial charge in [-0.25, -0.2) is 0 Å². The zero-order valence-corrected chi connectivity index (χ0v) is 13.8. The van der Waals surface area contributed by atoms with Crippen molar-refractivity contribution in [1.29, 1.82) is 0 Å². The number of halogens is 1. The lowest BCUT2D eigenvalue weighted by Crippen LogP contribution is -2.34. The summed E-state index contributed by atoms with van der Waals surface area (Å²) in [5, 5.41) is 3.49. The van der Waals surface area contributed by atoms with E-state index in [1.807, 2.05) is 20.8 Å². The van der Waals surface area contributed by atoms with Gasteiger partial charge in [-0.05, 0) is 36.6 Å². The Morgan fingerprint density at radius 3 is 2.52 bits per heavy atom. The van der Waals surface area contributed by atoms with E-state index < -0.39 is 0 Å². The van der Waals surface area contributed by atoms with Crippen molar-refractivity contribution in [2.75, 3.05) is 18.4 Å². The smallest absolute Gasteiger partial charge is 0.226 e. The Bertz CT molecular complexity index is 515. The van der Waals surface area contributed by atoms with Gasteiger partial charge in [-0.2, -0.15) is 0 Å². The Labute approximate surface area is 131 Å². The van der Waals surface area contributed by atoms with Crippen LogP contribution in [0.1, 0.15) is 32.8 Å². The number of aryl methyl sites for hydroxylation is 1. The van der Waals surface area contributed by atoms with Crippen molar-refractivity contribution in [3.63, 3.8) is 0 Å². The van der Waals surface area contributed by atoms with Crippen LogP contribution >= 0.6 is 11.6 Å². The molecule has 0 heterocycles. The van der Waals surface area contributed by atoms with Crippen LogP contribution in [0.2, 0.25) is 5.02 Å². The highest BCUT2D eigenvalue weighted by Crippen LogP contribution is 2.19. The molecule has 0 radical (unpaired) electrons. The van der Waals surface area contributed by atoms with Crippen molar-refractivity contribution in [2.45, 2.75) is 34.1 Å². The summed E-state index contributed by atoms with van der Waals surface area (Å²) >= 11 is 5.88. The summed E-state index contributed by atoms with van der Waals surface area (Å²) in [6.07, 6.45) is 0.286. The molecule has 21 heavy (non-hydrogen) atoms.